The van der Waals surface area contributed by atoms with E-state index in [1.165, 1.54) is 22.5 Å². The van der Waals surface area contributed by atoms with Crippen LogP contribution >= 0.6 is 0 Å². The summed E-state index contributed by atoms with van der Waals surface area (Å²) in [5.74, 6) is 0.193. The molecule has 0 aliphatic carbocycles. The predicted molar refractivity (Wildman–Crippen MR) is 122 cm³/mol. The summed E-state index contributed by atoms with van der Waals surface area (Å²) < 4.78 is 12.8. The maximum atomic E-state index is 6.41. The molecule has 0 N–H and O–H groups in total. The maximum absolute atomic E-state index is 6.41. The van der Waals surface area contributed by atoms with E-state index in [9.17, 15) is 0 Å². The lowest BCUT2D eigenvalue weighted by atomic mass is 9.67. The average Bonchev–Trinajstić information content (AvgIpc) is 2.89. The molecule has 2 aromatic carbocycles. The van der Waals surface area contributed by atoms with E-state index < -0.39 is 0 Å². The van der Waals surface area contributed by atoms with Crippen LogP contribution in [0.5, 0.6) is 0 Å². The zero-order valence-electron chi connectivity index (χ0n) is 19.1. The number of anilines is 2. The van der Waals surface area contributed by atoms with E-state index >= 15 is 0 Å². The van der Waals surface area contributed by atoms with Gasteiger partial charge in [-0.25, -0.2) is 0 Å². The molecule has 0 spiro atoms. The molecule has 2 aromatic rings. The van der Waals surface area contributed by atoms with Gasteiger partial charge in [-0.3, -0.25) is 0 Å². The van der Waals surface area contributed by atoms with Crippen molar-refractivity contribution in [3.8, 4) is 0 Å². The Balaban J connectivity index is 1.76. The molecule has 2 aliphatic rings. The molecule has 2 heterocycles. The van der Waals surface area contributed by atoms with E-state index in [0.29, 0.717) is 0 Å². The minimum absolute atomic E-state index is 0.0308. The maximum Gasteiger partial charge on any atom is 0.462 e. The van der Waals surface area contributed by atoms with Gasteiger partial charge >= 0.3 is 7.12 Å². The standard InChI is InChI=1S/C25H34BNO2/c1-17(26-28-24(5,6)25(7,8)29-26)18(2)27-21-15-11-9-13-19(21)23(3,4)20-14-10-12-16-22(20)27/h9-18H,1-8H3/t17-,18?/m0/s1. The zero-order valence-corrected chi connectivity index (χ0v) is 19.1. The highest BCUT2D eigenvalue weighted by Crippen LogP contribution is 2.51. The molecule has 1 fully saturated rings. The Labute approximate surface area is 176 Å². The summed E-state index contributed by atoms with van der Waals surface area (Å²) in [6, 6.07) is 17.8. The average molecular weight is 391 g/mol. The monoisotopic (exact) mass is 391 g/mol. The number of benzene rings is 2. The molecule has 0 radical (unpaired) electrons. The number of nitrogens with zero attached hydrogens (tertiary/aromatic N) is 1. The van der Waals surface area contributed by atoms with Crippen LogP contribution < -0.4 is 4.90 Å². The van der Waals surface area contributed by atoms with Crippen LogP contribution in [0.1, 0.15) is 66.5 Å². The molecule has 4 rings (SSSR count). The van der Waals surface area contributed by atoms with Crippen molar-refractivity contribution in [3.05, 3.63) is 59.7 Å². The van der Waals surface area contributed by atoms with E-state index in [1.807, 2.05) is 0 Å². The Kier molecular flexibility index (Phi) is 4.68. The van der Waals surface area contributed by atoms with Crippen molar-refractivity contribution in [2.45, 2.75) is 83.9 Å². The SMILES string of the molecule is CC([C@H](C)B1OC(C)(C)C(C)(C)O1)N1c2ccccc2C(C)(C)c2ccccc21. The van der Waals surface area contributed by atoms with Crippen LogP contribution in [0.15, 0.2) is 48.5 Å². The molecule has 0 amide bonds. The second-order valence-electron chi connectivity index (χ2n) is 10.3. The van der Waals surface area contributed by atoms with Gasteiger partial charge in [0.15, 0.2) is 0 Å². The lowest BCUT2D eigenvalue weighted by molar-refractivity contribution is 0.00578. The molecule has 0 saturated carbocycles. The molecule has 4 heteroatoms. The topological polar surface area (TPSA) is 21.7 Å². The molecule has 2 atom stereocenters. The Morgan fingerprint density at radius 3 is 1.59 bits per heavy atom. The fourth-order valence-corrected chi connectivity index (χ4v) is 4.70. The first kappa shape index (κ1) is 20.5. The van der Waals surface area contributed by atoms with Crippen molar-refractivity contribution in [3.63, 3.8) is 0 Å². The number of fused-ring (bicyclic) bond motifs is 2. The van der Waals surface area contributed by atoms with Crippen LogP contribution in [-0.2, 0) is 14.7 Å². The number of hydrogen-bond acceptors (Lipinski definition) is 3. The number of rotatable bonds is 3. The van der Waals surface area contributed by atoms with Gasteiger partial charge in [-0.05, 0) is 57.9 Å². The Morgan fingerprint density at radius 1 is 0.724 bits per heavy atom. The molecule has 2 aliphatic heterocycles. The Hall–Kier alpha value is -1.78. The lowest BCUT2D eigenvalue weighted by Gasteiger charge is -2.46. The van der Waals surface area contributed by atoms with Crippen molar-refractivity contribution in [2.75, 3.05) is 4.90 Å². The van der Waals surface area contributed by atoms with Gasteiger partial charge in [0.25, 0.3) is 0 Å². The van der Waals surface area contributed by atoms with Gasteiger partial charge in [0.05, 0.1) is 11.2 Å². The van der Waals surface area contributed by atoms with Crippen molar-refractivity contribution >= 4 is 18.5 Å². The fourth-order valence-electron chi connectivity index (χ4n) is 4.70. The molecule has 3 nitrogen and oxygen atoms in total. The van der Waals surface area contributed by atoms with Crippen molar-refractivity contribution in [2.24, 2.45) is 0 Å². The number of hydrogen-bond donors (Lipinski definition) is 0. The second kappa shape index (κ2) is 6.62. The Morgan fingerprint density at radius 2 is 1.14 bits per heavy atom. The molecule has 0 aromatic heterocycles. The molecule has 29 heavy (non-hydrogen) atoms. The molecule has 0 bridgehead atoms. The summed E-state index contributed by atoms with van der Waals surface area (Å²) in [5.41, 5.74) is 4.64. The van der Waals surface area contributed by atoms with Gasteiger partial charge in [0, 0.05) is 28.6 Å². The first-order valence-corrected chi connectivity index (χ1v) is 10.8. The lowest BCUT2D eigenvalue weighted by Crippen LogP contribution is -2.43. The summed E-state index contributed by atoms with van der Waals surface area (Å²) in [5, 5.41) is 0. The van der Waals surface area contributed by atoms with E-state index in [2.05, 4.69) is 109 Å². The molecule has 1 saturated heterocycles. The quantitative estimate of drug-likeness (QED) is 0.570. The highest BCUT2D eigenvalue weighted by atomic mass is 16.7. The van der Waals surface area contributed by atoms with Gasteiger partial charge in [-0.2, -0.15) is 0 Å². The summed E-state index contributed by atoms with van der Waals surface area (Å²) in [7, 11) is -0.232. The van der Waals surface area contributed by atoms with Crippen LogP contribution in [0.4, 0.5) is 11.4 Å². The number of para-hydroxylation sites is 2. The van der Waals surface area contributed by atoms with Crippen LogP contribution in [0, 0.1) is 0 Å². The van der Waals surface area contributed by atoms with E-state index in [0.717, 1.165) is 0 Å². The molecule has 154 valence electrons. The molecular formula is C25H34BNO2. The molecule has 1 unspecified atom stereocenters. The van der Waals surface area contributed by atoms with E-state index in [4.69, 9.17) is 9.31 Å². The zero-order chi connectivity index (χ0) is 21.2. The van der Waals surface area contributed by atoms with Crippen LogP contribution in [-0.4, -0.2) is 24.4 Å². The largest absolute Gasteiger partial charge is 0.462 e. The van der Waals surface area contributed by atoms with Gasteiger partial charge in [0.1, 0.15) is 0 Å². The van der Waals surface area contributed by atoms with Crippen molar-refractivity contribution in [1.82, 2.24) is 0 Å². The summed E-state index contributed by atoms with van der Waals surface area (Å²) in [6.45, 7) is 17.7. The smallest absolute Gasteiger partial charge is 0.403 e. The van der Waals surface area contributed by atoms with Crippen molar-refractivity contribution < 1.29 is 9.31 Å². The van der Waals surface area contributed by atoms with Gasteiger partial charge in [-0.15, -0.1) is 0 Å². The Bertz CT molecular complexity index is 855. The van der Waals surface area contributed by atoms with Crippen LogP contribution in [0.2, 0.25) is 5.82 Å². The summed E-state index contributed by atoms with van der Waals surface area (Å²) in [6.07, 6.45) is 0. The van der Waals surface area contributed by atoms with E-state index in [-0.39, 0.29) is 35.6 Å². The van der Waals surface area contributed by atoms with Crippen molar-refractivity contribution in [1.29, 1.82) is 0 Å². The van der Waals surface area contributed by atoms with Gasteiger partial charge in [0.2, 0.25) is 0 Å². The first-order valence-electron chi connectivity index (χ1n) is 10.8. The van der Waals surface area contributed by atoms with Gasteiger partial charge in [-0.1, -0.05) is 57.2 Å². The first-order chi connectivity index (χ1) is 13.5. The van der Waals surface area contributed by atoms with Gasteiger partial charge < -0.3 is 14.2 Å². The summed E-state index contributed by atoms with van der Waals surface area (Å²) >= 11 is 0. The van der Waals surface area contributed by atoms with Crippen LogP contribution in [0.3, 0.4) is 0 Å². The molecular weight excluding hydrogens is 357 g/mol. The highest BCUT2D eigenvalue weighted by Gasteiger charge is 2.54. The van der Waals surface area contributed by atoms with Crippen LogP contribution in [0.25, 0.3) is 0 Å². The fraction of sp³-hybridized carbons (Fsp3) is 0.520. The minimum atomic E-state index is -0.314. The highest BCUT2D eigenvalue weighted by molar-refractivity contribution is 6.47. The third-order valence-electron chi connectivity index (χ3n) is 7.54. The normalized spacial score (nSPS) is 23.3. The van der Waals surface area contributed by atoms with E-state index in [1.54, 1.807) is 0 Å². The predicted octanol–water partition coefficient (Wildman–Crippen LogP) is 6.33. The minimum Gasteiger partial charge on any atom is -0.403 e. The summed E-state index contributed by atoms with van der Waals surface area (Å²) in [4.78, 5) is 2.49. The third kappa shape index (κ3) is 3.03. The second-order valence-corrected chi connectivity index (χ2v) is 10.3. The third-order valence-corrected chi connectivity index (χ3v) is 7.54.